The third kappa shape index (κ3) is 3.78. The predicted molar refractivity (Wildman–Crippen MR) is 107 cm³/mol. The highest BCUT2D eigenvalue weighted by Crippen LogP contribution is 2.46. The van der Waals surface area contributed by atoms with Gasteiger partial charge in [0, 0.05) is 24.6 Å². The summed E-state index contributed by atoms with van der Waals surface area (Å²) in [5.74, 6) is 1.20. The SMILES string of the molecule is O=C(COc1ccc(-n2cnnn2)cc1)Nc1ccc2c(c1)OC1(CCCCC1)O2. The molecule has 9 nitrogen and oxygen atoms in total. The molecule has 154 valence electrons. The summed E-state index contributed by atoms with van der Waals surface area (Å²) in [6, 6.07) is 12.6. The second-order valence-corrected chi connectivity index (χ2v) is 7.42. The zero-order valence-electron chi connectivity index (χ0n) is 16.3. The molecule has 1 aliphatic carbocycles. The Labute approximate surface area is 172 Å². The van der Waals surface area contributed by atoms with E-state index in [2.05, 4.69) is 20.8 Å². The highest BCUT2D eigenvalue weighted by atomic mass is 16.7. The van der Waals surface area contributed by atoms with Crippen LogP contribution in [0.5, 0.6) is 17.2 Å². The molecule has 1 amide bonds. The van der Waals surface area contributed by atoms with Gasteiger partial charge in [-0.2, -0.15) is 0 Å². The summed E-state index contributed by atoms with van der Waals surface area (Å²) in [6.07, 6.45) is 6.71. The summed E-state index contributed by atoms with van der Waals surface area (Å²) in [6.45, 7) is -0.109. The van der Waals surface area contributed by atoms with Crippen LogP contribution in [0.25, 0.3) is 5.69 Å². The maximum atomic E-state index is 12.3. The first-order valence-corrected chi connectivity index (χ1v) is 9.97. The number of nitrogens with one attached hydrogen (secondary N) is 1. The lowest BCUT2D eigenvalue weighted by atomic mass is 9.94. The number of ether oxygens (including phenoxy) is 3. The van der Waals surface area contributed by atoms with Gasteiger partial charge >= 0.3 is 0 Å². The standard InChI is InChI=1S/C21H21N5O4/c27-20(13-28-17-7-5-16(6-8-17)26-14-22-24-25-26)23-15-4-9-18-19(12-15)30-21(29-18)10-2-1-3-11-21/h4-9,12,14H,1-3,10-11,13H2,(H,23,27). The summed E-state index contributed by atoms with van der Waals surface area (Å²) < 4.78 is 19.3. The van der Waals surface area contributed by atoms with Crippen molar-refractivity contribution < 1.29 is 19.0 Å². The number of carbonyl (C=O) groups excluding carboxylic acids is 1. The van der Waals surface area contributed by atoms with Crippen LogP contribution in [0.1, 0.15) is 32.1 Å². The maximum Gasteiger partial charge on any atom is 0.262 e. The molecule has 5 rings (SSSR count). The summed E-state index contributed by atoms with van der Waals surface area (Å²) >= 11 is 0. The van der Waals surface area contributed by atoms with Gasteiger partial charge in [0.25, 0.3) is 11.7 Å². The van der Waals surface area contributed by atoms with Crippen LogP contribution in [0.3, 0.4) is 0 Å². The molecule has 1 aromatic heterocycles. The average Bonchev–Trinajstić information content (AvgIpc) is 3.41. The van der Waals surface area contributed by atoms with Gasteiger partial charge in [-0.05, 0) is 59.7 Å². The zero-order chi connectivity index (χ0) is 20.4. The molecule has 1 saturated carbocycles. The summed E-state index contributed by atoms with van der Waals surface area (Å²) in [7, 11) is 0. The largest absolute Gasteiger partial charge is 0.484 e. The number of anilines is 1. The van der Waals surface area contributed by atoms with E-state index in [4.69, 9.17) is 14.2 Å². The third-order valence-corrected chi connectivity index (χ3v) is 5.25. The molecule has 0 saturated heterocycles. The molecule has 2 aliphatic rings. The van der Waals surface area contributed by atoms with E-state index in [9.17, 15) is 4.79 Å². The lowest BCUT2D eigenvalue weighted by molar-refractivity contribution is -0.118. The molecule has 0 radical (unpaired) electrons. The molecule has 9 heteroatoms. The van der Waals surface area contributed by atoms with E-state index < -0.39 is 5.79 Å². The molecule has 1 fully saturated rings. The second-order valence-electron chi connectivity index (χ2n) is 7.42. The molecule has 1 aliphatic heterocycles. The van der Waals surface area contributed by atoms with Crippen molar-refractivity contribution in [1.82, 2.24) is 20.2 Å². The number of hydrogen-bond acceptors (Lipinski definition) is 7. The van der Waals surface area contributed by atoms with E-state index in [0.717, 1.165) is 37.1 Å². The normalized spacial score (nSPS) is 16.4. The number of benzene rings is 2. The van der Waals surface area contributed by atoms with Crippen molar-refractivity contribution in [3.8, 4) is 22.9 Å². The Kier molecular flexibility index (Phi) is 4.70. The fourth-order valence-corrected chi connectivity index (χ4v) is 3.79. The number of amides is 1. The molecule has 0 unspecified atom stereocenters. The first-order valence-electron chi connectivity index (χ1n) is 9.97. The number of fused-ring (bicyclic) bond motifs is 1. The van der Waals surface area contributed by atoms with Crippen molar-refractivity contribution in [2.45, 2.75) is 37.9 Å². The number of tetrazole rings is 1. The van der Waals surface area contributed by atoms with Crippen LogP contribution >= 0.6 is 0 Å². The number of hydrogen-bond donors (Lipinski definition) is 1. The van der Waals surface area contributed by atoms with Crippen LogP contribution in [0.4, 0.5) is 5.69 Å². The van der Waals surface area contributed by atoms with E-state index in [1.807, 2.05) is 24.3 Å². The molecular weight excluding hydrogens is 386 g/mol. The van der Waals surface area contributed by atoms with Crippen molar-refractivity contribution in [2.75, 3.05) is 11.9 Å². The number of aromatic nitrogens is 4. The summed E-state index contributed by atoms with van der Waals surface area (Å²) in [5.41, 5.74) is 1.45. The van der Waals surface area contributed by atoms with Crippen LogP contribution in [-0.4, -0.2) is 38.5 Å². The van der Waals surface area contributed by atoms with Gasteiger partial charge < -0.3 is 19.5 Å². The fraction of sp³-hybridized carbons (Fsp3) is 0.333. The molecule has 0 atom stereocenters. The molecule has 1 spiro atoms. The van der Waals surface area contributed by atoms with E-state index in [-0.39, 0.29) is 12.5 Å². The van der Waals surface area contributed by atoms with Gasteiger partial charge in [-0.25, -0.2) is 4.68 Å². The molecule has 30 heavy (non-hydrogen) atoms. The zero-order valence-corrected chi connectivity index (χ0v) is 16.3. The monoisotopic (exact) mass is 407 g/mol. The Morgan fingerprint density at radius 1 is 1.07 bits per heavy atom. The summed E-state index contributed by atoms with van der Waals surface area (Å²) in [4.78, 5) is 12.3. The van der Waals surface area contributed by atoms with Crippen molar-refractivity contribution in [3.63, 3.8) is 0 Å². The molecular formula is C21H21N5O4. The molecule has 2 heterocycles. The van der Waals surface area contributed by atoms with Crippen molar-refractivity contribution in [1.29, 1.82) is 0 Å². The Morgan fingerprint density at radius 3 is 2.63 bits per heavy atom. The maximum absolute atomic E-state index is 12.3. The van der Waals surface area contributed by atoms with Gasteiger partial charge in [-0.1, -0.05) is 6.42 Å². The smallest absolute Gasteiger partial charge is 0.262 e. The van der Waals surface area contributed by atoms with E-state index >= 15 is 0 Å². The Balaban J connectivity index is 1.16. The van der Waals surface area contributed by atoms with Gasteiger partial charge in [0.1, 0.15) is 12.1 Å². The average molecular weight is 407 g/mol. The first kappa shape index (κ1) is 18.4. The van der Waals surface area contributed by atoms with Crippen molar-refractivity contribution >= 4 is 11.6 Å². The number of carbonyl (C=O) groups is 1. The van der Waals surface area contributed by atoms with Crippen LogP contribution in [-0.2, 0) is 4.79 Å². The van der Waals surface area contributed by atoms with Crippen molar-refractivity contribution in [2.24, 2.45) is 0 Å². The van der Waals surface area contributed by atoms with E-state index in [1.54, 1.807) is 18.2 Å². The van der Waals surface area contributed by atoms with E-state index in [0.29, 0.717) is 17.2 Å². The van der Waals surface area contributed by atoms with Crippen LogP contribution in [0, 0.1) is 0 Å². The Hall–Kier alpha value is -3.62. The highest BCUT2D eigenvalue weighted by molar-refractivity contribution is 5.92. The lowest BCUT2D eigenvalue weighted by Gasteiger charge is -2.31. The minimum Gasteiger partial charge on any atom is -0.484 e. The lowest BCUT2D eigenvalue weighted by Crippen LogP contribution is -2.40. The topological polar surface area (TPSA) is 100 Å². The van der Waals surface area contributed by atoms with Crippen LogP contribution in [0.15, 0.2) is 48.8 Å². The third-order valence-electron chi connectivity index (χ3n) is 5.25. The number of nitrogens with zero attached hydrogens (tertiary/aromatic N) is 4. The quantitative estimate of drug-likeness (QED) is 0.693. The Bertz CT molecular complexity index is 1030. The highest BCUT2D eigenvalue weighted by Gasteiger charge is 2.42. The predicted octanol–water partition coefficient (Wildman–Crippen LogP) is 3.11. The molecule has 1 N–H and O–H groups in total. The summed E-state index contributed by atoms with van der Waals surface area (Å²) in [5, 5.41) is 13.9. The van der Waals surface area contributed by atoms with Gasteiger partial charge in [-0.3, -0.25) is 4.79 Å². The minimum absolute atomic E-state index is 0.109. The second kappa shape index (κ2) is 7.66. The fourth-order valence-electron chi connectivity index (χ4n) is 3.79. The molecule has 3 aromatic rings. The van der Waals surface area contributed by atoms with Gasteiger partial charge in [0.05, 0.1) is 5.69 Å². The molecule has 0 bridgehead atoms. The molecule has 2 aromatic carbocycles. The Morgan fingerprint density at radius 2 is 1.87 bits per heavy atom. The van der Waals surface area contributed by atoms with Crippen LogP contribution < -0.4 is 19.5 Å². The van der Waals surface area contributed by atoms with Crippen molar-refractivity contribution in [3.05, 3.63) is 48.8 Å². The van der Waals surface area contributed by atoms with Gasteiger partial charge in [0.15, 0.2) is 18.1 Å². The minimum atomic E-state index is -0.527. The van der Waals surface area contributed by atoms with Gasteiger partial charge in [0.2, 0.25) is 0 Å². The first-order chi connectivity index (χ1) is 14.7. The number of rotatable bonds is 5. The van der Waals surface area contributed by atoms with E-state index in [1.165, 1.54) is 17.4 Å². The van der Waals surface area contributed by atoms with Gasteiger partial charge in [-0.15, -0.1) is 5.10 Å². The van der Waals surface area contributed by atoms with Crippen LogP contribution in [0.2, 0.25) is 0 Å².